The van der Waals surface area contributed by atoms with E-state index in [0.717, 1.165) is 44.3 Å². The number of carbonyl (C=O) groups is 6. The van der Waals surface area contributed by atoms with E-state index in [2.05, 4.69) is 49.1 Å². The Morgan fingerprint density at radius 2 is 1.13 bits per heavy atom. The zero-order chi connectivity index (χ0) is 47.7. The Morgan fingerprint density at radius 3 is 1.52 bits per heavy atom. The van der Waals surface area contributed by atoms with E-state index in [1.54, 1.807) is 37.2 Å². The Bertz CT molecular complexity index is 1290. The molecule has 2 fully saturated rings. The van der Waals surface area contributed by atoms with Crippen LogP contribution < -0.4 is 10.6 Å². The van der Waals surface area contributed by atoms with Gasteiger partial charge in [0.05, 0.1) is 54.2 Å². The van der Waals surface area contributed by atoms with Gasteiger partial charge >= 0.3 is 44.3 Å². The summed E-state index contributed by atoms with van der Waals surface area (Å²) in [6, 6.07) is 0.662. The van der Waals surface area contributed by atoms with E-state index in [-0.39, 0.29) is 66.4 Å². The van der Waals surface area contributed by atoms with Crippen LogP contribution in [0.3, 0.4) is 0 Å². The summed E-state index contributed by atoms with van der Waals surface area (Å²) in [5.74, 6) is -3.68. The fourth-order valence-corrected chi connectivity index (χ4v) is 4.92. The van der Waals surface area contributed by atoms with Crippen LogP contribution in [0, 0.1) is 22.1 Å². The quantitative estimate of drug-likeness (QED) is 0.0262. The average molecular weight is 938 g/mol. The first-order valence-corrected chi connectivity index (χ1v) is 21.5. The van der Waals surface area contributed by atoms with Crippen molar-refractivity contribution in [2.24, 2.45) is 17.8 Å². The molecule has 0 aromatic heterocycles. The van der Waals surface area contributed by atoms with E-state index in [0.29, 0.717) is 45.5 Å². The van der Waals surface area contributed by atoms with Crippen LogP contribution in [-0.2, 0) is 66.7 Å². The van der Waals surface area contributed by atoms with Gasteiger partial charge in [-0.1, -0.05) is 59.5 Å². The second-order valence-corrected chi connectivity index (χ2v) is 13.3. The fourth-order valence-electron chi connectivity index (χ4n) is 4.65. The molecule has 62 heavy (non-hydrogen) atoms. The standard InChI is InChI=1S/C21H38NO7P.C8H14O4.C7H11NO.C4H7O2P.CH4.Al.B.HN/c1-4-16(20(24)29-14-30)13-17(21(25)28-11-10-27-9-8-26-3)12-15(2)19(23)22-18-6-5-7-18;1-3-8(9)12-7-6-11-5-4-10-2;1-2-7(9)8-6-4-3-5-6;1-2-4(5)6-3-7;;;;/h15-18H,4-14,30H2,1-3H3,(H,22,23);3H,1,4-7H2,2H3;2,6H,1,3-5H2,(H,8,9);2H,1,3,7H2;1H4;;;1H/i14T;;;3T;;;;. The van der Waals surface area contributed by atoms with Crippen molar-refractivity contribution in [3.05, 3.63) is 38.0 Å². The summed E-state index contributed by atoms with van der Waals surface area (Å²) in [6.45, 7) is 16.3. The molecule has 2 amide bonds. The average Bonchev–Trinajstić information content (AvgIpc) is 3.22. The maximum atomic E-state index is 12.7. The molecular formula is C41H75AlBN3O14P2. The van der Waals surface area contributed by atoms with Crippen molar-refractivity contribution in [2.75, 3.05) is 79.7 Å². The van der Waals surface area contributed by atoms with E-state index in [1.807, 2.05) is 16.2 Å². The van der Waals surface area contributed by atoms with Crippen LogP contribution in [0.2, 0.25) is 0 Å². The number of hydrogen-bond donors (Lipinski definition) is 3. The molecule has 7 atom stereocenters. The molecule has 0 bridgehead atoms. The van der Waals surface area contributed by atoms with Crippen molar-refractivity contribution < 1.29 is 69.4 Å². The van der Waals surface area contributed by atoms with Crippen LogP contribution in [0.4, 0.5) is 0 Å². The number of nitrogens with one attached hydrogen (secondary N) is 3. The van der Waals surface area contributed by atoms with Crippen molar-refractivity contribution >= 4 is 78.7 Å². The zero-order valence-corrected chi connectivity index (χ0v) is 39.9. The number of ether oxygens (including phenoxy) is 8. The summed E-state index contributed by atoms with van der Waals surface area (Å²) in [5.41, 5.74) is 0. The van der Waals surface area contributed by atoms with Crippen molar-refractivity contribution in [1.82, 2.24) is 10.6 Å². The van der Waals surface area contributed by atoms with E-state index in [1.165, 1.54) is 12.5 Å². The molecule has 0 spiro atoms. The Kier molecular flexibility index (Phi) is 50.3. The molecule has 7 unspecified atom stereocenters. The summed E-state index contributed by atoms with van der Waals surface area (Å²) in [7, 11) is 7.27. The Balaban J connectivity index is -0.000000286. The third-order valence-electron chi connectivity index (χ3n) is 8.41. The minimum absolute atomic E-state index is 0. The number of hydrogen-bond acceptors (Lipinski definition) is 15. The molecular weight excluding hydrogens is 858 g/mol. The molecule has 2 aliphatic carbocycles. The number of esters is 4. The van der Waals surface area contributed by atoms with Crippen LogP contribution in [0.5, 0.6) is 0 Å². The van der Waals surface area contributed by atoms with Gasteiger partial charge in [0.1, 0.15) is 25.9 Å². The summed E-state index contributed by atoms with van der Waals surface area (Å²) in [5, 5.41) is 5.82. The molecule has 0 heterocycles. The molecule has 0 aromatic rings. The summed E-state index contributed by atoms with van der Waals surface area (Å²) in [4.78, 5) is 68.7. The van der Waals surface area contributed by atoms with Gasteiger partial charge in [-0.25, -0.2) is 9.59 Å². The van der Waals surface area contributed by atoms with E-state index >= 15 is 0 Å². The molecule has 17 nitrogen and oxygen atoms in total. The molecule has 2 saturated carbocycles. The minimum atomic E-state index is -1.05. The molecule has 354 valence electrons. The van der Waals surface area contributed by atoms with Crippen molar-refractivity contribution in [1.29, 1.82) is 4.35 Å². The first-order chi connectivity index (χ1) is 29.6. The number of amides is 2. The molecule has 4 radical (unpaired) electrons. The van der Waals surface area contributed by atoms with Gasteiger partial charge in [0.2, 0.25) is 11.8 Å². The van der Waals surface area contributed by atoms with Crippen LogP contribution in [-0.4, -0.2) is 152 Å². The van der Waals surface area contributed by atoms with E-state index in [9.17, 15) is 28.8 Å². The van der Waals surface area contributed by atoms with Gasteiger partial charge in [-0.05, 0) is 63.9 Å². The summed E-state index contributed by atoms with van der Waals surface area (Å²) < 4.78 is 59.0. The predicted octanol–water partition coefficient (Wildman–Crippen LogP) is 4.24. The SMILES string of the molecule is C.C=CC(=O)NC1CCC1.C=CC(=O)OCCOCCOC.[3H]C(P)OC(=O)C(CC)CC(CC(C)C(=O)NC1CCC1)C(=O)OCCOCCOC.[3H]C(P)OC(=O)C=C.[B].[NH]=[Al]. The molecule has 0 aromatic carbocycles. The normalized spacial score (nSPS) is 15.0. The number of rotatable bonds is 27. The molecule has 3 N–H and O–H groups in total. The molecule has 2 rings (SSSR count). The second kappa shape index (κ2) is 49.2. The van der Waals surface area contributed by atoms with Crippen LogP contribution in [0.15, 0.2) is 38.0 Å². The first-order valence-electron chi connectivity index (χ1n) is 20.7. The van der Waals surface area contributed by atoms with Crippen molar-refractivity contribution in [3.63, 3.8) is 0 Å². The third kappa shape index (κ3) is 39.9. The monoisotopic (exact) mass is 937 g/mol. The molecule has 2 aliphatic rings. The van der Waals surface area contributed by atoms with Gasteiger partial charge in [0, 0.05) is 52.8 Å². The third-order valence-corrected chi connectivity index (χ3v) is 8.68. The molecule has 21 heteroatoms. The number of methoxy groups -OCH3 is 2. The number of carbonyl (C=O) groups excluding carboxylic acids is 6. The molecule has 0 saturated heterocycles. The van der Waals surface area contributed by atoms with Gasteiger partial charge in [-0.2, -0.15) is 0 Å². The topological polar surface area (TPSA) is 224 Å². The van der Waals surface area contributed by atoms with E-state index < -0.39 is 54.3 Å². The van der Waals surface area contributed by atoms with E-state index in [4.69, 9.17) is 35.5 Å². The maximum absolute atomic E-state index is 12.7. The summed E-state index contributed by atoms with van der Waals surface area (Å²) >= 11 is 1.67. The van der Waals surface area contributed by atoms with Crippen molar-refractivity contribution in [3.8, 4) is 0 Å². The van der Waals surface area contributed by atoms with Crippen LogP contribution in [0.25, 0.3) is 0 Å². The Morgan fingerprint density at radius 1 is 0.694 bits per heavy atom. The second-order valence-electron chi connectivity index (χ2n) is 12.8. The summed E-state index contributed by atoms with van der Waals surface area (Å²) in [6.07, 6.45) is 9.09. The van der Waals surface area contributed by atoms with Crippen LogP contribution in [0.1, 0.15) is 81.8 Å². The fraction of sp³-hybridized carbons (Fsp3) is 0.707. The van der Waals surface area contributed by atoms with Gasteiger partial charge in [-0.15, -0.1) is 0 Å². The molecule has 0 aliphatic heterocycles. The van der Waals surface area contributed by atoms with Crippen molar-refractivity contribution in [2.45, 2.75) is 91.1 Å². The van der Waals surface area contributed by atoms with Crippen LogP contribution >= 0.6 is 18.5 Å². The van der Waals surface area contributed by atoms with Gasteiger partial charge in [0.15, 0.2) is 0 Å². The Hall–Kier alpha value is -2.86. The zero-order valence-electron chi connectivity index (χ0n) is 38.4. The first kappa shape index (κ1) is 63.4. The van der Waals surface area contributed by atoms with Gasteiger partial charge in [-0.3, -0.25) is 19.2 Å². The van der Waals surface area contributed by atoms with Gasteiger partial charge < -0.3 is 48.5 Å². The Labute approximate surface area is 388 Å². The van der Waals surface area contributed by atoms with Gasteiger partial charge in [0.25, 0.3) is 0 Å². The predicted molar refractivity (Wildman–Crippen MR) is 247 cm³/mol.